The van der Waals surface area contributed by atoms with E-state index in [4.69, 9.17) is 20.2 Å². The first-order valence-electron chi connectivity index (χ1n) is 0.816. The molecule has 0 bridgehead atoms. The molecule has 0 spiro atoms. The van der Waals surface area contributed by atoms with Gasteiger partial charge in [-0.1, -0.05) is 0 Å². The van der Waals surface area contributed by atoms with Crippen LogP contribution < -0.4 is 10.7 Å². The second-order valence-corrected chi connectivity index (χ2v) is 0.167. The fraction of sp³-hybridized carbons (Fsp3) is 0. The van der Waals surface area contributed by atoms with E-state index in [1.165, 1.54) is 0 Å². The van der Waals surface area contributed by atoms with Crippen LogP contribution in [0.5, 0.6) is 0 Å². The van der Waals surface area contributed by atoms with E-state index in [1.807, 2.05) is 0 Å². The van der Waals surface area contributed by atoms with Crippen LogP contribution in [0.2, 0.25) is 0 Å². The van der Waals surface area contributed by atoms with Crippen molar-refractivity contribution in [3.8, 4) is 0 Å². The van der Waals surface area contributed by atoms with Gasteiger partial charge < -0.3 is 0 Å². The summed E-state index contributed by atoms with van der Waals surface area (Å²) < 4.78 is 0. The molecular weight excluding hydrogens is 115 g/mol. The van der Waals surface area contributed by atoms with Crippen LogP contribution in [0.25, 0.3) is 0 Å². The van der Waals surface area contributed by atoms with Gasteiger partial charge in [-0.15, -0.1) is 0 Å². The molecule has 0 radical (unpaired) electrons. The second kappa shape index (κ2) is 41.2. The Morgan fingerprint density at radius 3 is 1.00 bits per heavy atom. The van der Waals surface area contributed by atoms with E-state index < -0.39 is 0 Å². The SMILES string of the molecule is O=[NH+][O-].O=[NH+][O-].[NaH]. The van der Waals surface area contributed by atoms with Gasteiger partial charge in [0.05, 0.1) is 0 Å². The molecule has 0 saturated heterocycles. The molecule has 7 heavy (non-hydrogen) atoms. The van der Waals surface area contributed by atoms with Crippen molar-refractivity contribution in [3.05, 3.63) is 20.2 Å². The van der Waals surface area contributed by atoms with E-state index in [2.05, 4.69) is 0 Å². The van der Waals surface area contributed by atoms with Crippen molar-refractivity contribution in [2.45, 2.75) is 0 Å². The summed E-state index contributed by atoms with van der Waals surface area (Å²) in [7, 11) is 0. The fourth-order valence-electron chi connectivity index (χ4n) is 0. The minimum absolute atomic E-state index is 0. The van der Waals surface area contributed by atoms with Gasteiger partial charge in [-0.25, -0.2) is 0 Å². The molecule has 0 heterocycles. The zero-order chi connectivity index (χ0) is 5.41. The van der Waals surface area contributed by atoms with Crippen LogP contribution in [-0.2, 0) is 0 Å². The van der Waals surface area contributed by atoms with E-state index in [0.717, 1.165) is 0 Å². The summed E-state index contributed by atoms with van der Waals surface area (Å²) in [6.07, 6.45) is 0. The third-order valence-electron chi connectivity index (χ3n) is 0. The summed E-state index contributed by atoms with van der Waals surface area (Å²) in [5.41, 5.74) is 0. The van der Waals surface area contributed by atoms with Crippen molar-refractivity contribution >= 4 is 29.6 Å². The Balaban J connectivity index is -0.0000000400. The third-order valence-corrected chi connectivity index (χ3v) is 0. The Kier molecular flexibility index (Phi) is 93.3. The molecular formula is H3N2NaO4. The molecule has 0 aromatic carbocycles. The monoisotopic (exact) mass is 118 g/mol. The maximum atomic E-state index is 8.12. The molecule has 0 aliphatic rings. The van der Waals surface area contributed by atoms with Crippen LogP contribution in [0.1, 0.15) is 0 Å². The maximum absolute atomic E-state index is 8.12. The van der Waals surface area contributed by atoms with Crippen molar-refractivity contribution in [2.24, 2.45) is 0 Å². The second-order valence-electron chi connectivity index (χ2n) is 0.167. The number of hydrogen-bond donors (Lipinski definition) is 2. The van der Waals surface area contributed by atoms with Crippen molar-refractivity contribution in [2.75, 3.05) is 0 Å². The Hall–Kier alpha value is -0.200. The van der Waals surface area contributed by atoms with Crippen LogP contribution in [-0.4, -0.2) is 29.6 Å². The van der Waals surface area contributed by atoms with E-state index in [0.29, 0.717) is 0 Å². The van der Waals surface area contributed by atoms with Crippen LogP contribution in [0.4, 0.5) is 0 Å². The standard InChI is InChI=1S/2HNO2.Na.H/c2*2-1-3;;/h2*1H;;. The number of rotatable bonds is 0. The fourth-order valence-corrected chi connectivity index (χ4v) is 0. The first-order valence-corrected chi connectivity index (χ1v) is 0.816. The topological polar surface area (TPSA) is 108 Å². The van der Waals surface area contributed by atoms with Crippen LogP contribution in [0.15, 0.2) is 0 Å². The zero-order valence-corrected chi connectivity index (χ0v) is 2.63. The molecule has 0 unspecified atom stereocenters. The van der Waals surface area contributed by atoms with Gasteiger partial charge in [0.1, 0.15) is 0 Å². The van der Waals surface area contributed by atoms with Gasteiger partial charge in [0, 0.05) is 10.7 Å². The molecule has 0 rings (SSSR count). The van der Waals surface area contributed by atoms with Crippen molar-refractivity contribution < 1.29 is 10.7 Å². The summed E-state index contributed by atoms with van der Waals surface area (Å²) in [4.78, 5) is 16.2. The molecule has 7 heteroatoms. The van der Waals surface area contributed by atoms with Crippen molar-refractivity contribution in [1.82, 2.24) is 0 Å². The molecule has 0 saturated carbocycles. The molecule has 0 amide bonds. The Morgan fingerprint density at radius 2 is 1.00 bits per heavy atom. The van der Waals surface area contributed by atoms with Crippen LogP contribution in [0.3, 0.4) is 0 Å². The Labute approximate surface area is 60.7 Å². The van der Waals surface area contributed by atoms with E-state index in [-0.39, 0.29) is 40.2 Å². The average Bonchev–Trinajstić information content (AvgIpc) is 1.39. The summed E-state index contributed by atoms with van der Waals surface area (Å²) in [6, 6.07) is 0. The van der Waals surface area contributed by atoms with E-state index in [9.17, 15) is 0 Å². The Bertz CT molecular complexity index is 30.7. The third kappa shape index (κ3) is 2090. The van der Waals surface area contributed by atoms with E-state index in [1.54, 1.807) is 0 Å². The van der Waals surface area contributed by atoms with Gasteiger partial charge in [-0.3, -0.25) is 20.2 Å². The molecule has 0 aliphatic heterocycles. The van der Waals surface area contributed by atoms with Gasteiger partial charge in [0.25, 0.3) is 0 Å². The average molecular weight is 118 g/mol. The summed E-state index contributed by atoms with van der Waals surface area (Å²) >= 11 is 0. The predicted molar refractivity (Wildman–Crippen MR) is 22.5 cm³/mol. The minimum atomic E-state index is 0. The quantitative estimate of drug-likeness (QED) is 0.192. The van der Waals surface area contributed by atoms with Gasteiger partial charge in [0.15, 0.2) is 0 Å². The van der Waals surface area contributed by atoms with Crippen molar-refractivity contribution in [1.29, 1.82) is 0 Å². The zero-order valence-electron chi connectivity index (χ0n) is 2.63. The molecule has 0 aromatic heterocycles. The molecule has 2 N–H and O–H groups in total. The molecule has 0 fully saturated rings. The summed E-state index contributed by atoms with van der Waals surface area (Å²) in [5.74, 6) is 0. The van der Waals surface area contributed by atoms with Gasteiger partial charge in [0.2, 0.25) is 0 Å². The molecule has 38 valence electrons. The normalized spacial score (nSPS) is 3.43. The van der Waals surface area contributed by atoms with Crippen LogP contribution in [0, 0.1) is 20.2 Å². The van der Waals surface area contributed by atoms with Gasteiger partial charge in [-0.2, -0.15) is 0 Å². The molecule has 6 nitrogen and oxygen atoms in total. The first kappa shape index (κ1) is 15.8. The first-order chi connectivity index (χ1) is 2.83. The van der Waals surface area contributed by atoms with E-state index >= 15 is 0 Å². The molecule has 0 atom stereocenters. The van der Waals surface area contributed by atoms with Crippen LogP contribution >= 0.6 is 0 Å². The van der Waals surface area contributed by atoms with Gasteiger partial charge in [-0.05, 0) is 0 Å². The Morgan fingerprint density at radius 1 is 1.00 bits per heavy atom. The number of nitrogens with one attached hydrogen (secondary N) is 2. The molecule has 0 aliphatic carbocycles. The van der Waals surface area contributed by atoms with Crippen molar-refractivity contribution in [3.63, 3.8) is 0 Å². The summed E-state index contributed by atoms with van der Waals surface area (Å²) in [6.45, 7) is 0. The summed E-state index contributed by atoms with van der Waals surface area (Å²) in [5, 5.41) is 16.8. The molecule has 0 aromatic rings. The predicted octanol–water partition coefficient (Wildman–Crippen LogP) is -3.99. The number of hydrogen-bond acceptors (Lipinski definition) is 4. The van der Waals surface area contributed by atoms with Gasteiger partial charge >= 0.3 is 29.6 Å².